The Morgan fingerprint density at radius 3 is 1.74 bits per heavy atom. The van der Waals surface area contributed by atoms with Crippen LogP contribution in [0.3, 0.4) is 0 Å². The number of halogens is 1. The number of hydrogen-bond donors (Lipinski definition) is 4. The molecule has 0 aliphatic carbocycles. The molecule has 0 saturated carbocycles. The van der Waals surface area contributed by atoms with Crippen molar-refractivity contribution < 1.29 is 19.1 Å². The Morgan fingerprint density at radius 1 is 0.639 bits per heavy atom. The van der Waals surface area contributed by atoms with Crippen LogP contribution in [-0.2, 0) is 0 Å². The lowest BCUT2D eigenvalue weighted by molar-refractivity contribution is 0.101. The van der Waals surface area contributed by atoms with Gasteiger partial charge in [0.15, 0.2) is 23.1 Å². The summed E-state index contributed by atoms with van der Waals surface area (Å²) < 4.78 is 12.0. The second-order valence-corrected chi connectivity index (χ2v) is 14.8. The maximum atomic E-state index is 12.8. The fraction of sp³-hybridized carbons (Fsp3) is 0.146. The van der Waals surface area contributed by atoms with Gasteiger partial charge in [0.25, 0.3) is 11.8 Å². The van der Waals surface area contributed by atoms with Crippen molar-refractivity contribution in [1.82, 2.24) is 15.0 Å². The molecule has 61 heavy (non-hydrogen) atoms. The highest BCUT2D eigenvalue weighted by atomic mass is 35.5. The van der Waals surface area contributed by atoms with Gasteiger partial charge in [-0.05, 0) is 110 Å². The SMILES string of the molecule is CC(Oc1cc(-c2ccncc2)cnc1N)c1cccc(NC(=O)c2cccc(N(C)C)c2)c1.Cc1cccc(C(=O)Nc2cccc(C(C)Oc3cc(Cl)cnc3N)c2)c1. The molecule has 0 fully saturated rings. The predicted molar refractivity (Wildman–Crippen MR) is 244 cm³/mol. The van der Waals surface area contributed by atoms with E-state index >= 15 is 0 Å². The number of nitrogens with one attached hydrogen (secondary N) is 2. The molecule has 3 aromatic heterocycles. The zero-order chi connectivity index (χ0) is 43.5. The Balaban J connectivity index is 0.000000210. The molecule has 0 aliphatic heterocycles. The van der Waals surface area contributed by atoms with Crippen molar-refractivity contribution in [1.29, 1.82) is 0 Å². The van der Waals surface area contributed by atoms with Crippen LogP contribution < -0.4 is 36.5 Å². The lowest BCUT2D eigenvalue weighted by atomic mass is 10.1. The number of nitrogens with zero attached hydrogens (tertiary/aromatic N) is 4. The Kier molecular flexibility index (Phi) is 14.2. The molecule has 7 rings (SSSR count). The highest BCUT2D eigenvalue weighted by molar-refractivity contribution is 6.30. The van der Waals surface area contributed by atoms with E-state index < -0.39 is 0 Å². The summed E-state index contributed by atoms with van der Waals surface area (Å²) in [4.78, 5) is 39.5. The molecule has 7 aromatic rings. The first-order valence-electron chi connectivity index (χ1n) is 19.4. The van der Waals surface area contributed by atoms with E-state index in [0.717, 1.165) is 33.5 Å². The topological polar surface area (TPSA) is 171 Å². The zero-order valence-corrected chi connectivity index (χ0v) is 35.2. The highest BCUT2D eigenvalue weighted by Gasteiger charge is 2.16. The van der Waals surface area contributed by atoms with Gasteiger partial charge < -0.3 is 36.5 Å². The third kappa shape index (κ3) is 11.8. The summed E-state index contributed by atoms with van der Waals surface area (Å²) in [5, 5.41) is 6.33. The smallest absolute Gasteiger partial charge is 0.255 e. The minimum absolute atomic E-state index is 0.160. The van der Waals surface area contributed by atoms with Crippen molar-refractivity contribution in [2.75, 3.05) is 41.1 Å². The van der Waals surface area contributed by atoms with Crippen LogP contribution in [0.1, 0.15) is 63.5 Å². The number of amides is 2. The Bertz CT molecular complexity index is 2620. The fourth-order valence-corrected chi connectivity index (χ4v) is 6.30. The summed E-state index contributed by atoms with van der Waals surface area (Å²) in [5.74, 6) is 1.17. The molecule has 2 unspecified atom stereocenters. The number of aryl methyl sites for hydroxylation is 1. The van der Waals surface area contributed by atoms with Gasteiger partial charge >= 0.3 is 0 Å². The van der Waals surface area contributed by atoms with Crippen LogP contribution in [0.5, 0.6) is 11.5 Å². The van der Waals surface area contributed by atoms with E-state index in [1.807, 2.05) is 143 Å². The van der Waals surface area contributed by atoms with Crippen molar-refractivity contribution in [3.05, 3.63) is 179 Å². The Morgan fingerprint density at radius 2 is 1.16 bits per heavy atom. The maximum Gasteiger partial charge on any atom is 0.255 e. The predicted octanol–water partition coefficient (Wildman–Crippen LogP) is 10.2. The van der Waals surface area contributed by atoms with Crippen molar-refractivity contribution in [2.24, 2.45) is 0 Å². The third-order valence-corrected chi connectivity index (χ3v) is 9.69. The quantitative estimate of drug-likeness (QED) is 0.0929. The molecule has 2 amide bonds. The summed E-state index contributed by atoms with van der Waals surface area (Å²) >= 11 is 5.95. The van der Waals surface area contributed by atoms with Gasteiger partial charge in [-0.1, -0.05) is 59.6 Å². The zero-order valence-electron chi connectivity index (χ0n) is 34.5. The third-order valence-electron chi connectivity index (χ3n) is 9.48. The summed E-state index contributed by atoms with van der Waals surface area (Å²) in [6, 6.07) is 37.3. The van der Waals surface area contributed by atoms with Gasteiger partial charge in [-0.2, -0.15) is 0 Å². The number of ether oxygens (including phenoxy) is 2. The number of carbonyl (C=O) groups is 2. The number of pyridine rings is 3. The monoisotopic (exact) mass is 834 g/mol. The lowest BCUT2D eigenvalue weighted by Crippen LogP contribution is -2.14. The summed E-state index contributed by atoms with van der Waals surface area (Å²) in [5.41, 5.74) is 20.1. The van der Waals surface area contributed by atoms with Crippen molar-refractivity contribution in [3.63, 3.8) is 0 Å². The number of hydrogen-bond acceptors (Lipinski definition) is 10. The van der Waals surface area contributed by atoms with E-state index in [9.17, 15) is 9.59 Å². The van der Waals surface area contributed by atoms with Crippen molar-refractivity contribution >= 4 is 52.1 Å². The van der Waals surface area contributed by atoms with Crippen molar-refractivity contribution in [3.8, 4) is 22.6 Å². The van der Waals surface area contributed by atoms with E-state index in [4.69, 9.17) is 32.5 Å². The summed E-state index contributed by atoms with van der Waals surface area (Å²) in [6.07, 6.45) is 6.02. The number of rotatable bonds is 12. The maximum absolute atomic E-state index is 12.8. The average molecular weight is 835 g/mol. The van der Waals surface area contributed by atoms with E-state index in [1.54, 1.807) is 36.8 Å². The number of nitrogens with two attached hydrogens (primary N) is 2. The molecule has 0 spiro atoms. The van der Waals surface area contributed by atoms with Crippen LogP contribution in [0.4, 0.5) is 28.7 Å². The number of carbonyl (C=O) groups excluding carboxylic acids is 2. The molecule has 0 saturated heterocycles. The molecule has 4 aromatic carbocycles. The van der Waals surface area contributed by atoms with E-state index in [0.29, 0.717) is 44.8 Å². The molecule has 0 aliphatic rings. The molecular weight excluding hydrogens is 788 g/mol. The highest BCUT2D eigenvalue weighted by Crippen LogP contribution is 2.32. The second kappa shape index (κ2) is 20.0. The molecule has 3 heterocycles. The molecule has 310 valence electrons. The Hall–Kier alpha value is -7.44. The fourth-order valence-electron chi connectivity index (χ4n) is 6.15. The molecule has 13 heteroatoms. The number of nitrogen functional groups attached to an aromatic ring is 2. The normalized spacial score (nSPS) is 11.6. The summed E-state index contributed by atoms with van der Waals surface area (Å²) in [6.45, 7) is 5.77. The minimum atomic E-state index is -0.314. The van der Waals surface area contributed by atoms with Gasteiger partial charge in [-0.15, -0.1) is 0 Å². The van der Waals surface area contributed by atoms with Gasteiger partial charge in [0.05, 0.1) is 5.02 Å². The first kappa shape index (κ1) is 43.1. The first-order valence-corrected chi connectivity index (χ1v) is 19.8. The molecular formula is C48H47ClN8O4. The summed E-state index contributed by atoms with van der Waals surface area (Å²) in [7, 11) is 3.88. The number of anilines is 5. The minimum Gasteiger partial charge on any atom is -0.482 e. The molecule has 0 bridgehead atoms. The van der Waals surface area contributed by atoms with Gasteiger partial charge in [0, 0.05) is 78.7 Å². The van der Waals surface area contributed by atoms with Crippen LogP contribution in [0.2, 0.25) is 5.02 Å². The number of benzene rings is 4. The van der Waals surface area contributed by atoms with E-state index in [2.05, 4.69) is 25.6 Å². The van der Waals surface area contributed by atoms with Crippen LogP contribution in [0.15, 0.2) is 146 Å². The number of aromatic nitrogens is 3. The van der Waals surface area contributed by atoms with Crippen LogP contribution in [0.25, 0.3) is 11.1 Å². The van der Waals surface area contributed by atoms with Crippen molar-refractivity contribution in [2.45, 2.75) is 33.0 Å². The Labute approximate surface area is 360 Å². The second-order valence-electron chi connectivity index (χ2n) is 14.4. The van der Waals surface area contributed by atoms with Crippen LogP contribution >= 0.6 is 11.6 Å². The van der Waals surface area contributed by atoms with Gasteiger partial charge in [-0.25, -0.2) is 9.97 Å². The first-order chi connectivity index (χ1) is 29.3. The lowest BCUT2D eigenvalue weighted by Gasteiger charge is -2.18. The van der Waals surface area contributed by atoms with Gasteiger partial charge in [0.1, 0.15) is 12.2 Å². The molecule has 12 nitrogen and oxygen atoms in total. The van der Waals surface area contributed by atoms with Gasteiger partial charge in [0.2, 0.25) is 0 Å². The van der Waals surface area contributed by atoms with E-state index in [-0.39, 0.29) is 29.8 Å². The molecule has 6 N–H and O–H groups in total. The van der Waals surface area contributed by atoms with E-state index in [1.165, 1.54) is 6.20 Å². The van der Waals surface area contributed by atoms with Gasteiger partial charge in [-0.3, -0.25) is 14.6 Å². The average Bonchev–Trinajstić information content (AvgIpc) is 3.26. The molecule has 2 atom stereocenters. The van der Waals surface area contributed by atoms with Crippen LogP contribution in [-0.4, -0.2) is 40.9 Å². The standard InChI is InChI=1S/C27H27N5O2.C21H20ClN3O2/c1-18(34-25-16-22(17-30-26(25)28)19-10-12-29-13-11-19)20-6-4-8-23(14-20)31-27(33)21-7-5-9-24(15-21)32(2)3;1-13-5-3-7-16(9-13)21(26)25-18-8-4-6-15(10-18)14(2)27-19-11-17(22)12-24-20(19)23/h4-18H,1-3H3,(H2,28,30)(H,31,33);3-12,14H,1-2H3,(H2,23,24)(H,25,26). The molecule has 0 radical (unpaired) electrons. The van der Waals surface area contributed by atoms with Crippen LogP contribution in [0, 0.1) is 6.92 Å². The largest absolute Gasteiger partial charge is 0.482 e.